The van der Waals surface area contributed by atoms with Crippen molar-refractivity contribution in [3.8, 4) is 17.6 Å². The molecule has 0 spiro atoms. The molecule has 0 atom stereocenters. The molecule has 0 aromatic carbocycles. The van der Waals surface area contributed by atoms with Crippen molar-refractivity contribution in [2.45, 2.75) is 6.18 Å². The topological polar surface area (TPSA) is 66.1 Å². The summed E-state index contributed by atoms with van der Waals surface area (Å²) in [5.41, 5.74) is -0.308. The maximum Gasteiger partial charge on any atom is 0.422 e. The molecule has 0 aliphatic carbocycles. The minimum Gasteiger partial charge on any atom is -0.506 e. The molecule has 0 aliphatic rings. The zero-order chi connectivity index (χ0) is 11.5. The first kappa shape index (κ1) is 11.1. The zero-order valence-corrected chi connectivity index (χ0v) is 7.25. The van der Waals surface area contributed by atoms with Gasteiger partial charge in [-0.3, -0.25) is 0 Å². The molecule has 1 aromatic rings. The summed E-state index contributed by atoms with van der Waals surface area (Å²) in [6.45, 7) is -1.53. The molecule has 1 aromatic heterocycles. The van der Waals surface area contributed by atoms with E-state index in [0.29, 0.717) is 0 Å². The lowest BCUT2D eigenvalue weighted by Crippen LogP contribution is -2.19. The molecule has 0 aliphatic heterocycles. The first-order valence-corrected chi connectivity index (χ1v) is 3.71. The standard InChI is InChI=1S/C8H5F3N2O2/c9-8(10,11)4-15-7-1-5(14)3-13-6(7)2-12/h1,3,14H,4H2. The number of alkyl halides is 3. The first-order valence-electron chi connectivity index (χ1n) is 3.71. The molecule has 0 unspecified atom stereocenters. The van der Waals surface area contributed by atoms with Crippen LogP contribution in [0.1, 0.15) is 5.69 Å². The van der Waals surface area contributed by atoms with Crippen molar-refractivity contribution in [1.82, 2.24) is 4.98 Å². The highest BCUT2D eigenvalue weighted by Gasteiger charge is 2.29. The highest BCUT2D eigenvalue weighted by Crippen LogP contribution is 2.23. The molecule has 0 saturated carbocycles. The molecule has 0 saturated heterocycles. The van der Waals surface area contributed by atoms with E-state index in [2.05, 4.69) is 9.72 Å². The molecule has 1 rings (SSSR count). The second-order valence-electron chi connectivity index (χ2n) is 2.56. The van der Waals surface area contributed by atoms with Gasteiger partial charge < -0.3 is 9.84 Å². The molecule has 0 amide bonds. The van der Waals surface area contributed by atoms with Crippen molar-refractivity contribution in [3.05, 3.63) is 18.0 Å². The van der Waals surface area contributed by atoms with Crippen molar-refractivity contribution in [1.29, 1.82) is 5.26 Å². The van der Waals surface area contributed by atoms with E-state index in [0.717, 1.165) is 12.3 Å². The van der Waals surface area contributed by atoms with Gasteiger partial charge in [-0.1, -0.05) is 0 Å². The minimum atomic E-state index is -4.50. The summed E-state index contributed by atoms with van der Waals surface area (Å²) in [6, 6.07) is 2.44. The van der Waals surface area contributed by atoms with Crippen LogP contribution < -0.4 is 4.74 Å². The van der Waals surface area contributed by atoms with E-state index in [1.54, 1.807) is 6.07 Å². The SMILES string of the molecule is N#Cc1ncc(O)cc1OCC(F)(F)F. The van der Waals surface area contributed by atoms with E-state index in [1.807, 2.05) is 0 Å². The Hall–Kier alpha value is -1.97. The maximum absolute atomic E-state index is 11.8. The van der Waals surface area contributed by atoms with Crippen LogP contribution in [0.5, 0.6) is 11.5 Å². The fraction of sp³-hybridized carbons (Fsp3) is 0.250. The number of rotatable bonds is 2. The Labute approximate surface area is 82.5 Å². The quantitative estimate of drug-likeness (QED) is 0.818. The van der Waals surface area contributed by atoms with Crippen molar-refractivity contribution < 1.29 is 23.0 Å². The van der Waals surface area contributed by atoms with E-state index >= 15 is 0 Å². The third kappa shape index (κ3) is 3.34. The normalized spacial score (nSPS) is 10.8. The smallest absolute Gasteiger partial charge is 0.422 e. The second kappa shape index (κ2) is 4.04. The maximum atomic E-state index is 11.8. The minimum absolute atomic E-state index is 0.308. The van der Waals surface area contributed by atoms with E-state index < -0.39 is 18.5 Å². The lowest BCUT2D eigenvalue weighted by atomic mass is 10.3. The Balaban J connectivity index is 2.85. The molecule has 4 nitrogen and oxygen atoms in total. The van der Waals surface area contributed by atoms with Gasteiger partial charge in [0.15, 0.2) is 18.1 Å². The van der Waals surface area contributed by atoms with Crippen LogP contribution in [0.4, 0.5) is 13.2 Å². The van der Waals surface area contributed by atoms with Gasteiger partial charge in [-0.25, -0.2) is 4.98 Å². The average molecular weight is 218 g/mol. The summed E-state index contributed by atoms with van der Waals surface area (Å²) in [4.78, 5) is 3.39. The predicted molar refractivity (Wildman–Crippen MR) is 42.2 cm³/mol. The first-order chi connectivity index (χ1) is 6.92. The number of pyridine rings is 1. The number of halogens is 3. The van der Waals surface area contributed by atoms with Gasteiger partial charge in [0.1, 0.15) is 11.8 Å². The Bertz CT molecular complexity index is 398. The number of hydrogen-bond acceptors (Lipinski definition) is 4. The van der Waals surface area contributed by atoms with Crippen LogP contribution in [0.15, 0.2) is 12.3 Å². The highest BCUT2D eigenvalue weighted by atomic mass is 19.4. The number of nitriles is 1. The van der Waals surface area contributed by atoms with Gasteiger partial charge in [0.05, 0.1) is 6.20 Å². The average Bonchev–Trinajstić information content (AvgIpc) is 2.14. The van der Waals surface area contributed by atoms with Crippen LogP contribution in [0.3, 0.4) is 0 Å². The number of aromatic nitrogens is 1. The molecule has 7 heteroatoms. The van der Waals surface area contributed by atoms with Gasteiger partial charge in [-0.15, -0.1) is 0 Å². The van der Waals surface area contributed by atoms with Crippen molar-refractivity contribution >= 4 is 0 Å². The Kier molecular flexibility index (Phi) is 2.99. The van der Waals surface area contributed by atoms with Crippen molar-refractivity contribution in [2.75, 3.05) is 6.61 Å². The number of hydrogen-bond donors (Lipinski definition) is 1. The fourth-order valence-corrected chi connectivity index (χ4v) is 0.788. The predicted octanol–water partition coefficient (Wildman–Crippen LogP) is 1.60. The summed E-state index contributed by atoms with van der Waals surface area (Å²) in [6.07, 6.45) is -3.56. The highest BCUT2D eigenvalue weighted by molar-refractivity contribution is 5.41. The van der Waals surface area contributed by atoms with Gasteiger partial charge in [-0.05, 0) is 0 Å². The van der Waals surface area contributed by atoms with Crippen molar-refractivity contribution in [3.63, 3.8) is 0 Å². The number of ether oxygens (including phenoxy) is 1. The van der Waals surface area contributed by atoms with Gasteiger partial charge in [-0.2, -0.15) is 18.4 Å². The third-order valence-electron chi connectivity index (χ3n) is 1.34. The molecule has 0 fully saturated rings. The molecule has 0 radical (unpaired) electrons. The molecule has 80 valence electrons. The van der Waals surface area contributed by atoms with Crippen LogP contribution in [0, 0.1) is 11.3 Å². The van der Waals surface area contributed by atoms with Crippen LogP contribution in [0.2, 0.25) is 0 Å². The molecule has 0 bridgehead atoms. The monoisotopic (exact) mass is 218 g/mol. The number of nitrogens with zero attached hydrogens (tertiary/aromatic N) is 2. The van der Waals surface area contributed by atoms with Crippen LogP contribution >= 0.6 is 0 Å². The molecule has 15 heavy (non-hydrogen) atoms. The second-order valence-corrected chi connectivity index (χ2v) is 2.56. The van der Waals surface area contributed by atoms with Crippen LogP contribution in [-0.4, -0.2) is 22.9 Å². The summed E-state index contributed by atoms with van der Waals surface area (Å²) in [7, 11) is 0. The Morgan fingerprint density at radius 2 is 2.20 bits per heavy atom. The Morgan fingerprint density at radius 3 is 2.73 bits per heavy atom. The Morgan fingerprint density at radius 1 is 1.53 bits per heavy atom. The lowest BCUT2D eigenvalue weighted by Gasteiger charge is -2.09. The van der Waals surface area contributed by atoms with E-state index in [1.165, 1.54) is 0 Å². The summed E-state index contributed by atoms with van der Waals surface area (Å²) in [5.74, 6) is -0.763. The largest absolute Gasteiger partial charge is 0.506 e. The van der Waals surface area contributed by atoms with Crippen molar-refractivity contribution in [2.24, 2.45) is 0 Å². The number of aromatic hydroxyl groups is 1. The van der Waals surface area contributed by atoms with Crippen LogP contribution in [0.25, 0.3) is 0 Å². The molecular weight excluding hydrogens is 213 g/mol. The molecular formula is C8H5F3N2O2. The van der Waals surface area contributed by atoms with Crippen LogP contribution in [-0.2, 0) is 0 Å². The van der Waals surface area contributed by atoms with Gasteiger partial charge >= 0.3 is 6.18 Å². The third-order valence-corrected chi connectivity index (χ3v) is 1.34. The summed E-state index contributed by atoms with van der Waals surface area (Å²) >= 11 is 0. The van der Waals surface area contributed by atoms with E-state index in [9.17, 15) is 13.2 Å². The molecule has 1 heterocycles. The van der Waals surface area contributed by atoms with Gasteiger partial charge in [0.25, 0.3) is 0 Å². The zero-order valence-electron chi connectivity index (χ0n) is 7.25. The lowest BCUT2D eigenvalue weighted by molar-refractivity contribution is -0.153. The summed E-state index contributed by atoms with van der Waals surface area (Å²) in [5, 5.41) is 17.4. The van der Waals surface area contributed by atoms with Gasteiger partial charge in [0.2, 0.25) is 0 Å². The van der Waals surface area contributed by atoms with E-state index in [-0.39, 0.29) is 11.4 Å². The van der Waals surface area contributed by atoms with E-state index in [4.69, 9.17) is 10.4 Å². The molecule has 1 N–H and O–H groups in total. The fourth-order valence-electron chi connectivity index (χ4n) is 0.788. The van der Waals surface area contributed by atoms with Gasteiger partial charge in [0, 0.05) is 6.07 Å². The summed E-state index contributed by atoms with van der Waals surface area (Å²) < 4.78 is 39.7.